The van der Waals surface area contributed by atoms with Gasteiger partial charge in [-0.25, -0.2) is 8.42 Å². The van der Waals surface area contributed by atoms with Crippen molar-refractivity contribution in [3.8, 4) is 0 Å². The third kappa shape index (κ3) is 4.86. The van der Waals surface area contributed by atoms with Gasteiger partial charge in [-0.05, 0) is 74.6 Å². The first-order valence-electron chi connectivity index (χ1n) is 11.3. The lowest BCUT2D eigenvalue weighted by molar-refractivity contribution is 0.0954. The van der Waals surface area contributed by atoms with Crippen molar-refractivity contribution in [2.24, 2.45) is 0 Å². The van der Waals surface area contributed by atoms with E-state index in [2.05, 4.69) is 10.3 Å². The van der Waals surface area contributed by atoms with Crippen LogP contribution in [0.3, 0.4) is 0 Å². The Morgan fingerprint density at radius 2 is 1.67 bits per heavy atom. The summed E-state index contributed by atoms with van der Waals surface area (Å²) in [5, 5.41) is 3.82. The van der Waals surface area contributed by atoms with Gasteiger partial charge in [-0.1, -0.05) is 18.6 Å². The van der Waals surface area contributed by atoms with Gasteiger partial charge in [0, 0.05) is 36.1 Å². The van der Waals surface area contributed by atoms with E-state index in [-0.39, 0.29) is 16.4 Å². The molecule has 1 fully saturated rings. The summed E-state index contributed by atoms with van der Waals surface area (Å²) < 4.78 is 27.0. The van der Waals surface area contributed by atoms with Crippen LogP contribution in [0.1, 0.15) is 46.3 Å². The summed E-state index contributed by atoms with van der Waals surface area (Å²) in [7, 11) is -3.52. The zero-order chi connectivity index (χ0) is 23.6. The summed E-state index contributed by atoms with van der Waals surface area (Å²) in [5.74, 6) is -0.304. The molecule has 0 spiro atoms. The van der Waals surface area contributed by atoms with Crippen molar-refractivity contribution < 1.29 is 13.2 Å². The smallest absolute Gasteiger partial charge is 0.251 e. The molecule has 1 saturated heterocycles. The largest absolute Gasteiger partial charge is 0.352 e. The van der Waals surface area contributed by atoms with E-state index in [0.29, 0.717) is 37.2 Å². The number of piperidine rings is 1. The van der Waals surface area contributed by atoms with Crippen molar-refractivity contribution in [2.75, 3.05) is 19.6 Å². The molecule has 1 aromatic heterocycles. The third-order valence-corrected chi connectivity index (χ3v) is 8.18. The minimum absolute atomic E-state index is 0.155. The average Bonchev–Trinajstić information content (AvgIpc) is 2.83. The van der Waals surface area contributed by atoms with Gasteiger partial charge in [0.1, 0.15) is 0 Å². The second-order valence-electron chi connectivity index (χ2n) is 8.61. The monoisotopic (exact) mass is 467 g/mol. The highest BCUT2D eigenvalue weighted by atomic mass is 32.2. The SMILES string of the molecule is Cc1ccc(C)c2[nH]c(=O)c(CCNC(=O)c3ccc(S(=O)(=O)N4CCCCC4)cc3)cc12. The van der Waals surface area contributed by atoms with Crippen molar-refractivity contribution in [3.05, 3.63) is 75.1 Å². The number of H-pyrrole nitrogens is 1. The number of fused-ring (bicyclic) bond motifs is 1. The number of nitrogens with one attached hydrogen (secondary N) is 2. The molecule has 2 aromatic carbocycles. The summed E-state index contributed by atoms with van der Waals surface area (Å²) in [5.41, 5.74) is 3.77. The topological polar surface area (TPSA) is 99.3 Å². The van der Waals surface area contributed by atoms with Crippen LogP contribution < -0.4 is 10.9 Å². The maximum absolute atomic E-state index is 12.8. The Kier molecular flexibility index (Phi) is 6.67. The van der Waals surface area contributed by atoms with Crippen LogP contribution in [0.15, 0.2) is 52.2 Å². The molecule has 1 amide bonds. The fourth-order valence-corrected chi connectivity index (χ4v) is 5.77. The molecule has 174 valence electrons. The molecule has 1 aliphatic rings. The van der Waals surface area contributed by atoms with Gasteiger partial charge in [-0.2, -0.15) is 4.31 Å². The Labute approximate surface area is 193 Å². The molecule has 7 nitrogen and oxygen atoms in total. The molecule has 0 radical (unpaired) electrons. The number of pyridine rings is 1. The Bertz CT molecular complexity index is 1340. The molecule has 4 rings (SSSR count). The van der Waals surface area contributed by atoms with E-state index in [9.17, 15) is 18.0 Å². The second kappa shape index (κ2) is 9.49. The van der Waals surface area contributed by atoms with Crippen molar-refractivity contribution in [2.45, 2.75) is 44.4 Å². The number of sulfonamides is 1. The van der Waals surface area contributed by atoms with E-state index in [0.717, 1.165) is 41.3 Å². The van der Waals surface area contributed by atoms with Gasteiger partial charge in [0.25, 0.3) is 11.5 Å². The van der Waals surface area contributed by atoms with Crippen molar-refractivity contribution in [3.63, 3.8) is 0 Å². The van der Waals surface area contributed by atoms with Crippen LogP contribution >= 0.6 is 0 Å². The van der Waals surface area contributed by atoms with Crippen LogP contribution in [0.2, 0.25) is 0 Å². The van der Waals surface area contributed by atoms with E-state index in [1.54, 1.807) is 0 Å². The lowest BCUT2D eigenvalue weighted by Gasteiger charge is -2.25. The molecular formula is C25H29N3O4S. The second-order valence-corrected chi connectivity index (χ2v) is 10.5. The molecular weight excluding hydrogens is 438 g/mol. The number of rotatable bonds is 6. The Hall–Kier alpha value is -2.97. The lowest BCUT2D eigenvalue weighted by Crippen LogP contribution is -2.35. The molecule has 1 aliphatic heterocycles. The number of hydrogen-bond acceptors (Lipinski definition) is 4. The van der Waals surface area contributed by atoms with Gasteiger partial charge in [0.05, 0.1) is 10.4 Å². The number of amides is 1. The van der Waals surface area contributed by atoms with Crippen LogP contribution in [-0.4, -0.2) is 43.2 Å². The first kappa shape index (κ1) is 23.2. The molecule has 3 aromatic rings. The summed E-state index contributed by atoms with van der Waals surface area (Å²) in [6.07, 6.45) is 3.19. The van der Waals surface area contributed by atoms with E-state index in [1.165, 1.54) is 28.6 Å². The van der Waals surface area contributed by atoms with Gasteiger partial charge in [-0.3, -0.25) is 9.59 Å². The summed E-state index contributed by atoms with van der Waals surface area (Å²) >= 11 is 0. The first-order valence-corrected chi connectivity index (χ1v) is 12.7. The predicted octanol–water partition coefficient (Wildman–Crippen LogP) is 3.29. The van der Waals surface area contributed by atoms with E-state index in [4.69, 9.17) is 0 Å². The van der Waals surface area contributed by atoms with Gasteiger partial charge < -0.3 is 10.3 Å². The van der Waals surface area contributed by atoms with E-state index in [1.807, 2.05) is 32.0 Å². The zero-order valence-electron chi connectivity index (χ0n) is 19.0. The minimum Gasteiger partial charge on any atom is -0.352 e. The van der Waals surface area contributed by atoms with Crippen LogP contribution in [0, 0.1) is 13.8 Å². The fraction of sp³-hybridized carbons (Fsp3) is 0.360. The normalized spacial score (nSPS) is 15.0. The zero-order valence-corrected chi connectivity index (χ0v) is 19.8. The molecule has 0 unspecified atom stereocenters. The average molecular weight is 468 g/mol. The molecule has 0 saturated carbocycles. The van der Waals surface area contributed by atoms with Crippen LogP contribution in [-0.2, 0) is 16.4 Å². The number of hydrogen-bond donors (Lipinski definition) is 2. The van der Waals surface area contributed by atoms with E-state index < -0.39 is 10.0 Å². The fourth-order valence-electron chi connectivity index (χ4n) is 4.25. The van der Waals surface area contributed by atoms with Gasteiger partial charge in [0.15, 0.2) is 0 Å². The van der Waals surface area contributed by atoms with Crippen LogP contribution in [0.25, 0.3) is 10.9 Å². The molecule has 2 heterocycles. The van der Waals surface area contributed by atoms with E-state index >= 15 is 0 Å². The molecule has 33 heavy (non-hydrogen) atoms. The quantitative estimate of drug-likeness (QED) is 0.581. The summed E-state index contributed by atoms with van der Waals surface area (Å²) in [4.78, 5) is 28.2. The highest BCUT2D eigenvalue weighted by molar-refractivity contribution is 7.89. The molecule has 0 bridgehead atoms. The standard InChI is InChI=1S/C25H29N3O4S/c1-17-6-7-18(2)23-22(17)16-20(25(30)27-23)12-13-26-24(29)19-8-10-21(11-9-19)33(31,32)28-14-4-3-5-15-28/h6-11,16H,3-5,12-15H2,1-2H3,(H,26,29)(H,27,30). The van der Waals surface area contributed by atoms with Gasteiger partial charge >= 0.3 is 0 Å². The minimum atomic E-state index is -3.52. The number of aromatic nitrogens is 1. The predicted molar refractivity (Wildman–Crippen MR) is 129 cm³/mol. The number of carbonyl (C=O) groups excluding carboxylic acids is 1. The van der Waals surface area contributed by atoms with Crippen molar-refractivity contribution >= 4 is 26.8 Å². The van der Waals surface area contributed by atoms with Crippen LogP contribution in [0.5, 0.6) is 0 Å². The third-order valence-electron chi connectivity index (χ3n) is 6.27. The summed E-state index contributed by atoms with van der Waals surface area (Å²) in [6.45, 7) is 5.34. The first-order chi connectivity index (χ1) is 15.8. The summed E-state index contributed by atoms with van der Waals surface area (Å²) in [6, 6.07) is 11.9. The lowest BCUT2D eigenvalue weighted by atomic mass is 10.0. The van der Waals surface area contributed by atoms with Gasteiger partial charge in [0.2, 0.25) is 10.0 Å². The maximum atomic E-state index is 12.8. The molecule has 8 heteroatoms. The highest BCUT2D eigenvalue weighted by Gasteiger charge is 2.25. The van der Waals surface area contributed by atoms with Gasteiger partial charge in [-0.15, -0.1) is 0 Å². The number of carbonyl (C=O) groups is 1. The number of benzene rings is 2. The van der Waals surface area contributed by atoms with Crippen molar-refractivity contribution in [1.29, 1.82) is 0 Å². The number of aryl methyl sites for hydroxylation is 2. The Morgan fingerprint density at radius 3 is 2.36 bits per heavy atom. The Balaban J connectivity index is 1.41. The maximum Gasteiger partial charge on any atom is 0.251 e. The molecule has 0 aliphatic carbocycles. The van der Waals surface area contributed by atoms with Crippen LogP contribution in [0.4, 0.5) is 0 Å². The number of nitrogens with zero attached hydrogens (tertiary/aromatic N) is 1. The highest BCUT2D eigenvalue weighted by Crippen LogP contribution is 2.21. The number of aromatic amines is 1. The molecule has 0 atom stereocenters. The van der Waals surface area contributed by atoms with Crippen molar-refractivity contribution in [1.82, 2.24) is 14.6 Å². The molecule has 2 N–H and O–H groups in total. The Morgan fingerprint density at radius 1 is 1.00 bits per heavy atom.